The Labute approximate surface area is 137 Å². The van der Waals surface area contributed by atoms with Crippen molar-refractivity contribution in [3.63, 3.8) is 0 Å². The second kappa shape index (κ2) is 7.68. The molecule has 0 aliphatic carbocycles. The van der Waals surface area contributed by atoms with Crippen LogP contribution in [0.1, 0.15) is 12.7 Å². The predicted octanol–water partition coefficient (Wildman–Crippen LogP) is 2.90. The molecule has 1 amide bonds. The fourth-order valence-electron chi connectivity index (χ4n) is 1.44. The average Bonchev–Trinajstić information content (AvgIpc) is 3.13. The molecule has 2 rings (SSSR count). The van der Waals surface area contributed by atoms with Crippen molar-refractivity contribution in [2.24, 2.45) is 0 Å². The maximum absolute atomic E-state index is 12.1. The molecule has 6 nitrogen and oxygen atoms in total. The van der Waals surface area contributed by atoms with Crippen LogP contribution in [0.3, 0.4) is 0 Å². The Kier molecular flexibility index (Phi) is 5.88. The summed E-state index contributed by atoms with van der Waals surface area (Å²) in [4.78, 5) is 11.6. The number of nitrogens with zero attached hydrogens (tertiary/aromatic N) is 2. The van der Waals surface area contributed by atoms with Gasteiger partial charge < -0.3 is 15.1 Å². The number of carbonyl (C=O) groups excluding carboxylic acids is 1. The van der Waals surface area contributed by atoms with Gasteiger partial charge in [0.2, 0.25) is 11.0 Å². The molecule has 0 saturated heterocycles. The number of thioether (sulfide) groups is 1. The third kappa shape index (κ3) is 6.10. The quantitative estimate of drug-likeness (QED) is 0.734. The molecule has 0 spiro atoms. The maximum atomic E-state index is 12.1. The first-order valence-corrected chi connectivity index (χ1v) is 8.14. The topological polar surface area (TPSA) is 80.1 Å². The van der Waals surface area contributed by atoms with Crippen molar-refractivity contribution in [3.8, 4) is 0 Å². The van der Waals surface area contributed by atoms with E-state index in [1.54, 1.807) is 18.4 Å². The first kappa shape index (κ1) is 17.6. The lowest BCUT2D eigenvalue weighted by atomic mass is 10.4. The van der Waals surface area contributed by atoms with E-state index in [0.29, 0.717) is 16.0 Å². The van der Waals surface area contributed by atoms with E-state index in [4.69, 9.17) is 4.42 Å². The monoisotopic (exact) mass is 366 g/mol. The highest BCUT2D eigenvalue weighted by Gasteiger charge is 2.29. The number of anilines is 1. The first-order chi connectivity index (χ1) is 10.8. The highest BCUT2D eigenvalue weighted by atomic mass is 32.2. The lowest BCUT2D eigenvalue weighted by Gasteiger charge is -2.11. The Hall–Kier alpha value is -1.75. The average molecular weight is 366 g/mol. The lowest BCUT2D eigenvalue weighted by Crippen LogP contribution is -2.37. The Morgan fingerprint density at radius 3 is 2.91 bits per heavy atom. The van der Waals surface area contributed by atoms with Gasteiger partial charge in [-0.1, -0.05) is 23.1 Å². The van der Waals surface area contributed by atoms with Crippen LogP contribution >= 0.6 is 23.1 Å². The summed E-state index contributed by atoms with van der Waals surface area (Å²) in [5.74, 6) is 0.0296. The number of aromatic nitrogens is 2. The van der Waals surface area contributed by atoms with Gasteiger partial charge in [-0.05, 0) is 19.1 Å². The molecule has 126 valence electrons. The minimum Gasteiger partial charge on any atom is -0.467 e. The van der Waals surface area contributed by atoms with Crippen molar-refractivity contribution in [1.82, 2.24) is 15.5 Å². The van der Waals surface area contributed by atoms with Gasteiger partial charge in [0.25, 0.3) is 0 Å². The number of furan rings is 1. The second-order valence-corrected chi connectivity index (χ2v) is 6.96. The minimum atomic E-state index is -4.42. The lowest BCUT2D eigenvalue weighted by molar-refractivity contribution is -0.137. The molecule has 1 unspecified atom stereocenters. The van der Waals surface area contributed by atoms with Gasteiger partial charge in [0.15, 0.2) is 4.34 Å². The van der Waals surface area contributed by atoms with Crippen molar-refractivity contribution in [1.29, 1.82) is 0 Å². The highest BCUT2D eigenvalue weighted by molar-refractivity contribution is 8.02. The zero-order chi connectivity index (χ0) is 16.9. The van der Waals surface area contributed by atoms with Gasteiger partial charge in [-0.25, -0.2) is 0 Å². The van der Waals surface area contributed by atoms with Crippen LogP contribution in [0.25, 0.3) is 0 Å². The predicted molar refractivity (Wildman–Crippen MR) is 80.3 cm³/mol. The summed E-state index contributed by atoms with van der Waals surface area (Å²) < 4.78 is 41.8. The molecule has 0 aliphatic rings. The van der Waals surface area contributed by atoms with Gasteiger partial charge >= 0.3 is 6.18 Å². The molecule has 0 fully saturated rings. The summed E-state index contributed by atoms with van der Waals surface area (Å²) in [5.41, 5.74) is 0. The van der Waals surface area contributed by atoms with Crippen LogP contribution in [0.5, 0.6) is 0 Å². The van der Waals surface area contributed by atoms with Crippen LogP contribution in [0, 0.1) is 0 Å². The van der Waals surface area contributed by atoms with Crippen molar-refractivity contribution in [3.05, 3.63) is 24.2 Å². The summed E-state index contributed by atoms with van der Waals surface area (Å²) >= 11 is 2.26. The van der Waals surface area contributed by atoms with E-state index >= 15 is 0 Å². The standard InChI is InChI=1S/C12H13F3N4O2S2/c1-7(9(20)17-6-12(13,14)15)22-11-19-18-10(23-11)16-5-8-3-2-4-21-8/h2-4,7H,5-6H2,1H3,(H,16,18)(H,17,20). The van der Waals surface area contributed by atoms with Gasteiger partial charge in [0.1, 0.15) is 12.3 Å². The van der Waals surface area contributed by atoms with Crippen LogP contribution in [0.15, 0.2) is 27.2 Å². The van der Waals surface area contributed by atoms with Gasteiger partial charge in [0.05, 0.1) is 18.1 Å². The SMILES string of the molecule is CC(Sc1nnc(NCc2ccco2)s1)C(=O)NCC(F)(F)F. The molecular weight excluding hydrogens is 353 g/mol. The molecular formula is C12H13F3N4O2S2. The third-order valence-electron chi connectivity index (χ3n) is 2.51. The Morgan fingerprint density at radius 1 is 1.48 bits per heavy atom. The molecule has 11 heteroatoms. The Balaban J connectivity index is 1.79. The van der Waals surface area contributed by atoms with Gasteiger partial charge in [-0.2, -0.15) is 13.2 Å². The molecule has 2 aromatic rings. The van der Waals surface area contributed by atoms with Crippen LogP contribution in [0.2, 0.25) is 0 Å². The summed E-state index contributed by atoms with van der Waals surface area (Å²) in [6.45, 7) is 0.602. The van der Waals surface area contributed by atoms with Gasteiger partial charge in [-0.15, -0.1) is 10.2 Å². The number of carbonyl (C=O) groups is 1. The van der Waals surface area contributed by atoms with E-state index in [9.17, 15) is 18.0 Å². The Morgan fingerprint density at radius 2 is 2.26 bits per heavy atom. The molecule has 1 atom stereocenters. The van der Waals surface area contributed by atoms with E-state index in [-0.39, 0.29) is 0 Å². The van der Waals surface area contributed by atoms with E-state index in [2.05, 4.69) is 15.5 Å². The maximum Gasteiger partial charge on any atom is 0.405 e. The zero-order valence-corrected chi connectivity index (χ0v) is 13.5. The number of alkyl halides is 3. The van der Waals surface area contributed by atoms with Crippen molar-refractivity contribution in [2.75, 3.05) is 11.9 Å². The van der Waals surface area contributed by atoms with Gasteiger partial charge in [0, 0.05) is 0 Å². The number of hydrogen-bond acceptors (Lipinski definition) is 7. The van der Waals surface area contributed by atoms with Crippen LogP contribution in [-0.2, 0) is 11.3 Å². The van der Waals surface area contributed by atoms with Crippen molar-refractivity contribution in [2.45, 2.75) is 29.2 Å². The second-order valence-electron chi connectivity index (χ2n) is 4.40. The summed E-state index contributed by atoms with van der Waals surface area (Å²) in [6, 6.07) is 3.57. The van der Waals surface area contributed by atoms with Crippen LogP contribution in [-0.4, -0.2) is 34.1 Å². The molecule has 0 aliphatic heterocycles. The van der Waals surface area contributed by atoms with E-state index in [0.717, 1.165) is 17.5 Å². The van der Waals surface area contributed by atoms with Crippen LogP contribution < -0.4 is 10.6 Å². The smallest absolute Gasteiger partial charge is 0.405 e. The third-order valence-corrected chi connectivity index (χ3v) is 4.58. The molecule has 0 bridgehead atoms. The number of hydrogen-bond donors (Lipinski definition) is 2. The van der Waals surface area contributed by atoms with Gasteiger partial charge in [-0.3, -0.25) is 4.79 Å². The fraction of sp³-hybridized carbons (Fsp3) is 0.417. The van der Waals surface area contributed by atoms with E-state index < -0.39 is 23.9 Å². The number of halogens is 3. The van der Waals surface area contributed by atoms with Crippen molar-refractivity contribution >= 4 is 34.1 Å². The van der Waals surface area contributed by atoms with E-state index in [1.165, 1.54) is 18.3 Å². The zero-order valence-electron chi connectivity index (χ0n) is 11.9. The molecule has 0 saturated carbocycles. The molecule has 0 radical (unpaired) electrons. The molecule has 2 heterocycles. The normalized spacial score (nSPS) is 12.9. The van der Waals surface area contributed by atoms with Crippen LogP contribution in [0.4, 0.5) is 18.3 Å². The molecule has 2 N–H and O–H groups in total. The highest BCUT2D eigenvalue weighted by Crippen LogP contribution is 2.29. The molecule has 23 heavy (non-hydrogen) atoms. The first-order valence-electron chi connectivity index (χ1n) is 6.44. The largest absolute Gasteiger partial charge is 0.467 e. The van der Waals surface area contributed by atoms with Crippen molar-refractivity contribution < 1.29 is 22.4 Å². The minimum absolute atomic E-state index is 0.438. The van der Waals surface area contributed by atoms with E-state index in [1.807, 2.05) is 5.32 Å². The number of rotatable bonds is 7. The summed E-state index contributed by atoms with van der Waals surface area (Å²) in [7, 11) is 0. The Bertz CT molecular complexity index is 631. The fourth-order valence-corrected chi connectivity index (χ4v) is 3.36. The molecule has 2 aromatic heterocycles. The molecule has 0 aromatic carbocycles. The number of amides is 1. The number of nitrogens with one attached hydrogen (secondary N) is 2. The summed E-state index contributed by atoms with van der Waals surface area (Å²) in [5, 5.41) is 12.4. The summed E-state index contributed by atoms with van der Waals surface area (Å²) in [6.07, 6.45) is -2.87.